The normalized spacial score (nSPS) is 17.7. The molecule has 0 heterocycles. The largest absolute Gasteiger partial charge is 0.348 e. The minimum absolute atomic E-state index is 0.0533. The lowest BCUT2D eigenvalue weighted by Crippen LogP contribution is -2.46. The van der Waals surface area contributed by atoms with E-state index in [-0.39, 0.29) is 24.5 Å². The van der Waals surface area contributed by atoms with E-state index in [9.17, 15) is 13.2 Å². The summed E-state index contributed by atoms with van der Waals surface area (Å²) in [5.41, 5.74) is 0.982. The number of carbonyl (C=O) groups excluding carboxylic acids is 1. The van der Waals surface area contributed by atoms with Crippen LogP contribution in [0.15, 0.2) is 28.7 Å². The topological polar surface area (TPSA) is 66.5 Å². The zero-order valence-corrected chi connectivity index (χ0v) is 16.6. The van der Waals surface area contributed by atoms with Crippen LogP contribution in [0.4, 0.5) is 0 Å². The molecule has 24 heavy (non-hydrogen) atoms. The van der Waals surface area contributed by atoms with Crippen molar-refractivity contribution >= 4 is 31.9 Å². The van der Waals surface area contributed by atoms with Crippen LogP contribution in [0.2, 0.25) is 0 Å². The van der Waals surface area contributed by atoms with E-state index >= 15 is 0 Å². The van der Waals surface area contributed by atoms with Gasteiger partial charge in [0.25, 0.3) is 0 Å². The van der Waals surface area contributed by atoms with Gasteiger partial charge >= 0.3 is 0 Å². The van der Waals surface area contributed by atoms with Crippen LogP contribution in [0.1, 0.15) is 50.6 Å². The lowest BCUT2D eigenvalue weighted by Gasteiger charge is -2.32. The second-order valence-electron chi connectivity index (χ2n) is 6.44. The van der Waals surface area contributed by atoms with E-state index in [1.54, 1.807) is 0 Å². The molecule has 1 aromatic rings. The third-order valence-corrected chi connectivity index (χ3v) is 6.26. The first-order valence-electron chi connectivity index (χ1n) is 8.29. The Bertz CT molecular complexity index is 655. The number of benzene rings is 1. The smallest absolute Gasteiger partial charge is 0.235 e. The molecule has 0 unspecified atom stereocenters. The predicted octanol–water partition coefficient (Wildman–Crippen LogP) is 3.22. The summed E-state index contributed by atoms with van der Waals surface area (Å²) in [5.74, 6) is -0.263. The molecule has 1 aliphatic rings. The highest BCUT2D eigenvalue weighted by Crippen LogP contribution is 2.24. The number of halogens is 1. The van der Waals surface area contributed by atoms with Gasteiger partial charge in [-0.3, -0.25) is 4.79 Å². The molecule has 1 aliphatic carbocycles. The number of hydrogen-bond acceptors (Lipinski definition) is 3. The fourth-order valence-electron chi connectivity index (χ4n) is 3.15. The highest BCUT2D eigenvalue weighted by atomic mass is 79.9. The van der Waals surface area contributed by atoms with Crippen molar-refractivity contribution in [2.75, 3.05) is 12.8 Å². The van der Waals surface area contributed by atoms with Crippen molar-refractivity contribution in [3.63, 3.8) is 0 Å². The van der Waals surface area contributed by atoms with Crippen molar-refractivity contribution in [1.29, 1.82) is 0 Å². The van der Waals surface area contributed by atoms with E-state index in [0.717, 1.165) is 42.1 Å². The Morgan fingerprint density at radius 3 is 2.38 bits per heavy atom. The Balaban J connectivity index is 2.00. The van der Waals surface area contributed by atoms with Crippen LogP contribution in [0.3, 0.4) is 0 Å². The summed E-state index contributed by atoms with van der Waals surface area (Å²) in [6, 6.07) is 7.49. The average Bonchev–Trinajstić information content (AvgIpc) is 2.53. The maximum absolute atomic E-state index is 12.4. The fraction of sp³-hybridized carbons (Fsp3) is 0.588. The van der Waals surface area contributed by atoms with Crippen molar-refractivity contribution in [3.05, 3.63) is 34.3 Å². The minimum Gasteiger partial charge on any atom is -0.348 e. The number of carbonyl (C=O) groups is 1. The van der Waals surface area contributed by atoms with Crippen molar-refractivity contribution < 1.29 is 13.2 Å². The highest BCUT2D eigenvalue weighted by Gasteiger charge is 2.30. The number of nitrogens with zero attached hydrogens (tertiary/aromatic N) is 1. The van der Waals surface area contributed by atoms with Crippen LogP contribution in [0.5, 0.6) is 0 Å². The van der Waals surface area contributed by atoms with Crippen LogP contribution >= 0.6 is 15.9 Å². The van der Waals surface area contributed by atoms with Gasteiger partial charge < -0.3 is 5.32 Å². The van der Waals surface area contributed by atoms with E-state index in [0.29, 0.717) is 0 Å². The monoisotopic (exact) mass is 416 g/mol. The molecule has 134 valence electrons. The maximum Gasteiger partial charge on any atom is 0.235 e. The van der Waals surface area contributed by atoms with E-state index in [4.69, 9.17) is 0 Å². The zero-order valence-electron chi connectivity index (χ0n) is 14.2. The molecular formula is C17H25BrN2O3S. The molecule has 1 saturated carbocycles. The second-order valence-corrected chi connectivity index (χ2v) is 9.29. The van der Waals surface area contributed by atoms with Gasteiger partial charge in [-0.15, -0.1) is 0 Å². The first-order chi connectivity index (χ1) is 11.3. The Labute approximate surface area is 153 Å². The first-order valence-corrected chi connectivity index (χ1v) is 10.9. The van der Waals surface area contributed by atoms with Crippen molar-refractivity contribution in [1.82, 2.24) is 9.62 Å². The summed E-state index contributed by atoms with van der Waals surface area (Å²) >= 11 is 3.38. The molecule has 2 rings (SSSR count). The predicted molar refractivity (Wildman–Crippen MR) is 99.1 cm³/mol. The van der Waals surface area contributed by atoms with Gasteiger partial charge in [0.05, 0.1) is 18.8 Å². The van der Waals surface area contributed by atoms with Gasteiger partial charge in [-0.05, 0) is 37.5 Å². The van der Waals surface area contributed by atoms with Crippen LogP contribution < -0.4 is 5.32 Å². The molecule has 0 aliphatic heterocycles. The zero-order chi connectivity index (χ0) is 17.7. The quantitative estimate of drug-likeness (QED) is 0.773. The van der Waals surface area contributed by atoms with Gasteiger partial charge in [0.2, 0.25) is 15.9 Å². The lowest BCUT2D eigenvalue weighted by molar-refractivity contribution is -0.122. The third-order valence-electron chi connectivity index (χ3n) is 4.45. The van der Waals surface area contributed by atoms with Crippen molar-refractivity contribution in [2.45, 2.75) is 51.1 Å². The Hall–Kier alpha value is -0.920. The summed E-state index contributed by atoms with van der Waals surface area (Å²) in [5, 5.41) is 2.90. The van der Waals surface area contributed by atoms with Crippen LogP contribution in [0, 0.1) is 0 Å². The second kappa shape index (κ2) is 8.45. The Kier molecular flexibility index (Phi) is 6.83. The number of rotatable bonds is 6. The van der Waals surface area contributed by atoms with E-state index < -0.39 is 10.0 Å². The van der Waals surface area contributed by atoms with Gasteiger partial charge in [-0.25, -0.2) is 8.42 Å². The van der Waals surface area contributed by atoms with Gasteiger partial charge in [0, 0.05) is 10.5 Å². The van der Waals surface area contributed by atoms with Crippen LogP contribution in [-0.4, -0.2) is 37.5 Å². The van der Waals surface area contributed by atoms with Crippen LogP contribution in [-0.2, 0) is 14.8 Å². The summed E-state index contributed by atoms with van der Waals surface area (Å²) in [6.07, 6.45) is 6.04. The number of nitrogens with one attached hydrogen (secondary N) is 1. The molecule has 1 aromatic carbocycles. The Morgan fingerprint density at radius 2 is 1.83 bits per heavy atom. The number of amides is 1. The molecule has 1 N–H and O–H groups in total. The summed E-state index contributed by atoms with van der Waals surface area (Å²) in [4.78, 5) is 12.4. The average molecular weight is 417 g/mol. The molecule has 5 nitrogen and oxygen atoms in total. The van der Waals surface area contributed by atoms with Gasteiger partial charge in [0.15, 0.2) is 0 Å². The third kappa shape index (κ3) is 5.57. The highest BCUT2D eigenvalue weighted by molar-refractivity contribution is 9.10. The molecule has 0 aromatic heterocycles. The van der Waals surface area contributed by atoms with E-state index in [2.05, 4.69) is 21.2 Å². The van der Waals surface area contributed by atoms with Crippen molar-refractivity contribution in [3.8, 4) is 0 Å². The molecule has 1 amide bonds. The molecule has 7 heteroatoms. The standard InChI is InChI=1S/C17H25BrN2O3S/c1-13(14-8-10-15(18)11-9-14)19-17(21)12-20(24(2,22)23)16-6-4-3-5-7-16/h8-11,13,16H,3-7,12H2,1-2H3,(H,19,21)/t13-/m0/s1. The van der Waals surface area contributed by atoms with E-state index in [1.165, 1.54) is 10.6 Å². The summed E-state index contributed by atoms with van der Waals surface area (Å²) < 4.78 is 26.5. The minimum atomic E-state index is -3.40. The molecule has 0 radical (unpaired) electrons. The molecule has 1 atom stereocenters. The maximum atomic E-state index is 12.4. The van der Waals surface area contributed by atoms with Crippen LogP contribution in [0.25, 0.3) is 0 Å². The molecule has 0 bridgehead atoms. The summed E-state index contributed by atoms with van der Waals surface area (Å²) in [6.45, 7) is 1.79. The Morgan fingerprint density at radius 1 is 1.25 bits per heavy atom. The first kappa shape index (κ1) is 19.4. The van der Waals surface area contributed by atoms with Gasteiger partial charge in [-0.2, -0.15) is 4.31 Å². The molecule has 1 fully saturated rings. The van der Waals surface area contributed by atoms with Crippen molar-refractivity contribution in [2.24, 2.45) is 0 Å². The number of hydrogen-bond donors (Lipinski definition) is 1. The summed E-state index contributed by atoms with van der Waals surface area (Å²) in [7, 11) is -3.40. The molecule has 0 spiro atoms. The number of sulfonamides is 1. The van der Waals surface area contributed by atoms with E-state index in [1.807, 2.05) is 31.2 Å². The van der Waals surface area contributed by atoms with Gasteiger partial charge in [0.1, 0.15) is 0 Å². The lowest BCUT2D eigenvalue weighted by atomic mass is 9.95. The fourth-order valence-corrected chi connectivity index (χ4v) is 4.52. The SMILES string of the molecule is C[C@H](NC(=O)CN(C1CCCCC1)S(C)(=O)=O)c1ccc(Br)cc1. The molecule has 0 saturated heterocycles. The molecular weight excluding hydrogens is 392 g/mol. The van der Waals surface area contributed by atoms with Gasteiger partial charge in [-0.1, -0.05) is 47.3 Å².